The van der Waals surface area contributed by atoms with Crippen molar-refractivity contribution in [3.05, 3.63) is 59.9 Å². The Bertz CT molecular complexity index is 886. The number of alkyl halides is 1. The van der Waals surface area contributed by atoms with Gasteiger partial charge < -0.3 is 10.1 Å². The van der Waals surface area contributed by atoms with Crippen LogP contribution in [-0.2, 0) is 20.7 Å². The lowest BCUT2D eigenvalue weighted by Crippen LogP contribution is -2.40. The molecule has 27 heavy (non-hydrogen) atoms. The lowest BCUT2D eigenvalue weighted by molar-refractivity contribution is -0.145. The van der Waals surface area contributed by atoms with E-state index < -0.39 is 0 Å². The number of nitrogens with zero attached hydrogens (tertiary/aromatic N) is 1. The van der Waals surface area contributed by atoms with Gasteiger partial charge >= 0.3 is 5.97 Å². The fraction of sp³-hybridized carbons (Fsp3) is 0.381. The van der Waals surface area contributed by atoms with Gasteiger partial charge in [0.2, 0.25) is 5.91 Å². The number of nitrogens with one attached hydrogen (secondary N) is 1. The Morgan fingerprint density at radius 3 is 2.56 bits per heavy atom. The highest BCUT2D eigenvalue weighted by atomic mass is 79.9. The van der Waals surface area contributed by atoms with Crippen LogP contribution in [0.15, 0.2) is 48.8 Å². The van der Waals surface area contributed by atoms with E-state index in [1.54, 1.807) is 12.4 Å². The van der Waals surface area contributed by atoms with Crippen LogP contribution in [0.2, 0.25) is 0 Å². The molecule has 3 aliphatic rings. The minimum absolute atomic E-state index is 0.0518. The van der Waals surface area contributed by atoms with Gasteiger partial charge in [0.15, 0.2) is 0 Å². The molecular formula is C21H19BrN2O3. The molecule has 5 rings (SSSR count). The average Bonchev–Trinajstić information content (AvgIpc) is 3.28. The standard InChI is InChI=1S/C21H19BrN2O3/c22-18-14-10-15-17(21(26)27-19(15)18)16(14)20(25)24-13-3-1-11(2-4-13)9-12-5-7-23-8-6-12/h1-8,14-19H,9-10H2,(H,24,25)/t14-,15-,16-,17+,18-,19+/m1/s1. The van der Waals surface area contributed by atoms with E-state index in [0.29, 0.717) is 0 Å². The molecule has 2 saturated carbocycles. The zero-order valence-electron chi connectivity index (χ0n) is 14.5. The summed E-state index contributed by atoms with van der Waals surface area (Å²) in [4.78, 5) is 29.2. The molecule has 2 heterocycles. The SMILES string of the molecule is O=C(Nc1ccc(Cc2ccncc2)cc1)[C@@H]1[C@H]2C[C@H]3[C@H](OC(=O)[C@@H]31)[C@@H]2Br. The Labute approximate surface area is 165 Å². The highest BCUT2D eigenvalue weighted by molar-refractivity contribution is 9.09. The summed E-state index contributed by atoms with van der Waals surface area (Å²) in [5.41, 5.74) is 3.12. The molecule has 0 unspecified atom stereocenters. The molecule has 1 saturated heterocycles. The molecule has 1 aliphatic heterocycles. The fourth-order valence-corrected chi connectivity index (χ4v) is 6.04. The summed E-state index contributed by atoms with van der Waals surface area (Å²) in [5.74, 6) is -0.506. The normalized spacial score (nSPS) is 33.1. The van der Waals surface area contributed by atoms with Crippen molar-refractivity contribution in [3.8, 4) is 0 Å². The van der Waals surface area contributed by atoms with Crippen LogP contribution in [0.3, 0.4) is 0 Å². The van der Waals surface area contributed by atoms with Crippen molar-refractivity contribution in [1.82, 2.24) is 4.98 Å². The highest BCUT2D eigenvalue weighted by Crippen LogP contribution is 2.60. The van der Waals surface area contributed by atoms with Crippen LogP contribution < -0.4 is 5.32 Å². The number of carbonyl (C=O) groups excluding carboxylic acids is 2. The second kappa shape index (κ2) is 6.44. The monoisotopic (exact) mass is 426 g/mol. The lowest BCUT2D eigenvalue weighted by Gasteiger charge is -2.27. The molecule has 5 nitrogen and oxygen atoms in total. The van der Waals surface area contributed by atoms with E-state index in [-0.39, 0.29) is 46.5 Å². The Hall–Kier alpha value is -2.21. The maximum absolute atomic E-state index is 12.9. The molecule has 1 amide bonds. The van der Waals surface area contributed by atoms with Crippen molar-refractivity contribution in [3.63, 3.8) is 0 Å². The Morgan fingerprint density at radius 2 is 1.81 bits per heavy atom. The number of anilines is 1. The number of amides is 1. The van der Waals surface area contributed by atoms with Crippen LogP contribution in [0.25, 0.3) is 0 Å². The predicted octanol–water partition coefficient (Wildman–Crippen LogP) is 3.18. The van der Waals surface area contributed by atoms with Gasteiger partial charge in [0.05, 0.1) is 16.7 Å². The van der Waals surface area contributed by atoms with Gasteiger partial charge in [-0.2, -0.15) is 0 Å². The van der Waals surface area contributed by atoms with Gasteiger partial charge in [-0.25, -0.2) is 0 Å². The maximum atomic E-state index is 12.9. The number of benzene rings is 1. The zero-order chi connectivity index (χ0) is 18.5. The largest absolute Gasteiger partial charge is 0.461 e. The Kier molecular flexibility index (Phi) is 4.04. The van der Waals surface area contributed by atoms with Crippen molar-refractivity contribution < 1.29 is 14.3 Å². The van der Waals surface area contributed by atoms with Gasteiger partial charge in [-0.3, -0.25) is 14.6 Å². The number of ether oxygens (including phenoxy) is 1. The molecular weight excluding hydrogens is 408 g/mol. The molecule has 1 N–H and O–H groups in total. The predicted molar refractivity (Wildman–Crippen MR) is 103 cm³/mol. The third kappa shape index (κ3) is 2.78. The quantitative estimate of drug-likeness (QED) is 0.601. The molecule has 1 aromatic carbocycles. The van der Waals surface area contributed by atoms with Gasteiger partial charge in [-0.15, -0.1) is 0 Å². The summed E-state index contributed by atoms with van der Waals surface area (Å²) in [7, 11) is 0. The van der Waals surface area contributed by atoms with Crippen LogP contribution in [0.4, 0.5) is 5.69 Å². The number of aromatic nitrogens is 1. The molecule has 6 heteroatoms. The summed E-state index contributed by atoms with van der Waals surface area (Å²) in [6.45, 7) is 0. The van der Waals surface area contributed by atoms with Crippen molar-refractivity contribution in [2.24, 2.45) is 23.7 Å². The van der Waals surface area contributed by atoms with Crippen molar-refractivity contribution in [2.45, 2.75) is 23.8 Å². The summed E-state index contributed by atoms with van der Waals surface area (Å²) < 4.78 is 5.48. The lowest BCUT2D eigenvalue weighted by atomic mass is 9.79. The first-order valence-corrected chi connectivity index (χ1v) is 10.2. The van der Waals surface area contributed by atoms with E-state index in [1.807, 2.05) is 36.4 Å². The molecule has 6 atom stereocenters. The molecule has 2 aromatic rings. The second-order valence-corrected chi connectivity index (χ2v) is 8.74. The summed E-state index contributed by atoms with van der Waals surface area (Å²) in [6, 6.07) is 11.9. The molecule has 2 bridgehead atoms. The minimum atomic E-state index is -0.304. The van der Waals surface area contributed by atoms with E-state index in [0.717, 1.165) is 18.5 Å². The Morgan fingerprint density at radius 1 is 1.11 bits per heavy atom. The third-order valence-corrected chi connectivity index (χ3v) is 7.40. The topological polar surface area (TPSA) is 68.3 Å². The summed E-state index contributed by atoms with van der Waals surface area (Å²) >= 11 is 3.65. The first-order chi connectivity index (χ1) is 13.1. The number of halogens is 1. The van der Waals surface area contributed by atoms with Gasteiger partial charge in [0.25, 0.3) is 0 Å². The number of fused-ring (bicyclic) bond motifs is 1. The van der Waals surface area contributed by atoms with E-state index in [9.17, 15) is 9.59 Å². The summed E-state index contributed by atoms with van der Waals surface area (Å²) in [6.07, 6.45) is 5.23. The number of pyridine rings is 1. The number of carbonyl (C=O) groups is 2. The van der Waals surface area contributed by atoms with Crippen molar-refractivity contribution >= 4 is 33.5 Å². The maximum Gasteiger partial charge on any atom is 0.310 e. The number of hydrogen-bond donors (Lipinski definition) is 1. The van der Waals surface area contributed by atoms with Crippen molar-refractivity contribution in [1.29, 1.82) is 0 Å². The number of hydrogen-bond acceptors (Lipinski definition) is 4. The number of rotatable bonds is 4. The Balaban J connectivity index is 1.28. The van der Waals surface area contributed by atoms with E-state index in [1.165, 1.54) is 11.1 Å². The summed E-state index contributed by atoms with van der Waals surface area (Å²) in [5, 5.41) is 3.01. The molecule has 3 fully saturated rings. The molecule has 0 radical (unpaired) electrons. The van der Waals surface area contributed by atoms with E-state index in [2.05, 4.69) is 26.2 Å². The van der Waals surface area contributed by atoms with Crippen LogP contribution in [-0.4, -0.2) is 27.8 Å². The first kappa shape index (κ1) is 16.9. The van der Waals surface area contributed by atoms with E-state index >= 15 is 0 Å². The second-order valence-electron chi connectivity index (χ2n) is 7.68. The van der Waals surface area contributed by atoms with Crippen LogP contribution >= 0.6 is 15.9 Å². The van der Waals surface area contributed by atoms with Gasteiger partial charge in [0.1, 0.15) is 6.10 Å². The average molecular weight is 427 g/mol. The van der Waals surface area contributed by atoms with Crippen molar-refractivity contribution in [2.75, 3.05) is 5.32 Å². The zero-order valence-corrected chi connectivity index (χ0v) is 16.1. The molecule has 138 valence electrons. The third-order valence-electron chi connectivity index (χ3n) is 6.20. The highest BCUT2D eigenvalue weighted by Gasteiger charge is 2.67. The van der Waals surface area contributed by atoms with Gasteiger partial charge in [-0.1, -0.05) is 28.1 Å². The minimum Gasteiger partial charge on any atom is -0.461 e. The first-order valence-electron chi connectivity index (χ1n) is 9.25. The molecule has 2 aliphatic carbocycles. The van der Waals surface area contributed by atoms with Crippen LogP contribution in [0, 0.1) is 23.7 Å². The van der Waals surface area contributed by atoms with Gasteiger partial charge in [-0.05, 0) is 54.2 Å². The fourth-order valence-electron chi connectivity index (χ4n) is 5.00. The molecule has 1 aromatic heterocycles. The van der Waals surface area contributed by atoms with Gasteiger partial charge in [0, 0.05) is 24.0 Å². The van der Waals surface area contributed by atoms with E-state index in [4.69, 9.17) is 4.74 Å². The smallest absolute Gasteiger partial charge is 0.310 e. The molecule has 0 spiro atoms. The van der Waals surface area contributed by atoms with Crippen LogP contribution in [0.5, 0.6) is 0 Å². The van der Waals surface area contributed by atoms with Crippen LogP contribution in [0.1, 0.15) is 17.5 Å². The number of esters is 1.